The van der Waals surface area contributed by atoms with Crippen LogP contribution in [0.5, 0.6) is 0 Å². The van der Waals surface area contributed by atoms with Crippen molar-refractivity contribution in [1.82, 2.24) is 15.1 Å². The highest BCUT2D eigenvalue weighted by molar-refractivity contribution is 5.74. The van der Waals surface area contributed by atoms with Crippen molar-refractivity contribution in [2.45, 2.75) is 38.6 Å². The van der Waals surface area contributed by atoms with Gasteiger partial charge in [0.2, 0.25) is 0 Å². The van der Waals surface area contributed by atoms with Crippen molar-refractivity contribution < 1.29 is 14.7 Å². The van der Waals surface area contributed by atoms with E-state index in [2.05, 4.69) is 10.2 Å². The van der Waals surface area contributed by atoms with Crippen molar-refractivity contribution in [2.24, 2.45) is 5.92 Å². The number of nitrogens with one attached hydrogen (secondary N) is 1. The van der Waals surface area contributed by atoms with E-state index in [0.29, 0.717) is 19.0 Å². The fraction of sp³-hybridized carbons (Fsp3) is 0.857. The Balaban J connectivity index is 1.67. The summed E-state index contributed by atoms with van der Waals surface area (Å²) in [6, 6.07) is 0.463. The molecule has 0 aromatic rings. The van der Waals surface area contributed by atoms with E-state index in [1.165, 1.54) is 12.8 Å². The number of aliphatic carboxylic acids is 1. The van der Waals surface area contributed by atoms with Crippen LogP contribution in [0.3, 0.4) is 0 Å². The molecule has 0 aliphatic carbocycles. The third-order valence-corrected chi connectivity index (χ3v) is 4.38. The summed E-state index contributed by atoms with van der Waals surface area (Å²) in [4.78, 5) is 27.0. The van der Waals surface area contributed by atoms with Crippen molar-refractivity contribution in [2.75, 3.05) is 32.7 Å². The zero-order valence-corrected chi connectivity index (χ0v) is 12.2. The lowest BCUT2D eigenvalue weighted by Crippen LogP contribution is -2.42. The van der Waals surface area contributed by atoms with Crippen LogP contribution in [0.1, 0.15) is 32.6 Å². The maximum Gasteiger partial charge on any atom is 0.317 e. The Morgan fingerprint density at radius 2 is 2.00 bits per heavy atom. The molecule has 2 heterocycles. The van der Waals surface area contributed by atoms with Crippen molar-refractivity contribution in [3.8, 4) is 0 Å². The predicted molar refractivity (Wildman–Crippen MR) is 75.6 cm³/mol. The summed E-state index contributed by atoms with van der Waals surface area (Å²) in [5, 5.41) is 11.6. The molecule has 20 heavy (non-hydrogen) atoms. The van der Waals surface area contributed by atoms with E-state index in [0.717, 1.165) is 32.6 Å². The Morgan fingerprint density at radius 3 is 2.65 bits per heavy atom. The molecular weight excluding hydrogens is 258 g/mol. The number of hydrogen-bond donors (Lipinski definition) is 2. The molecule has 6 heteroatoms. The fourth-order valence-electron chi connectivity index (χ4n) is 2.96. The van der Waals surface area contributed by atoms with Gasteiger partial charge in [-0.1, -0.05) is 6.92 Å². The highest BCUT2D eigenvalue weighted by Gasteiger charge is 2.31. The lowest BCUT2D eigenvalue weighted by atomic mass is 10.1. The molecule has 0 spiro atoms. The molecular formula is C14H25N3O3. The molecule has 2 aliphatic heterocycles. The minimum Gasteiger partial charge on any atom is -0.481 e. The fourth-order valence-corrected chi connectivity index (χ4v) is 2.96. The Bertz CT molecular complexity index is 356. The average molecular weight is 283 g/mol. The van der Waals surface area contributed by atoms with E-state index < -0.39 is 11.9 Å². The molecule has 2 saturated heterocycles. The number of carboxylic acid groups (broad SMARTS) is 1. The van der Waals surface area contributed by atoms with Crippen LogP contribution >= 0.6 is 0 Å². The van der Waals surface area contributed by atoms with Crippen molar-refractivity contribution in [3.63, 3.8) is 0 Å². The summed E-state index contributed by atoms with van der Waals surface area (Å²) >= 11 is 0. The van der Waals surface area contributed by atoms with E-state index in [1.807, 2.05) is 4.90 Å². The first-order valence-electron chi connectivity index (χ1n) is 7.57. The minimum atomic E-state index is -0.811. The van der Waals surface area contributed by atoms with Crippen LogP contribution < -0.4 is 5.32 Å². The van der Waals surface area contributed by atoms with Crippen molar-refractivity contribution >= 4 is 12.0 Å². The molecule has 0 aromatic heterocycles. The summed E-state index contributed by atoms with van der Waals surface area (Å²) in [5.74, 6) is -1.22. The molecule has 2 unspecified atom stereocenters. The van der Waals surface area contributed by atoms with E-state index in [9.17, 15) is 9.59 Å². The molecule has 2 amide bonds. The van der Waals surface area contributed by atoms with Crippen LogP contribution in [0.25, 0.3) is 0 Å². The first-order chi connectivity index (χ1) is 9.58. The largest absolute Gasteiger partial charge is 0.481 e. The van der Waals surface area contributed by atoms with E-state index in [4.69, 9.17) is 5.11 Å². The summed E-state index contributed by atoms with van der Waals surface area (Å²) in [6.45, 7) is 6.03. The average Bonchev–Trinajstić information content (AvgIpc) is 3.08. The van der Waals surface area contributed by atoms with Crippen LogP contribution in [0, 0.1) is 5.92 Å². The van der Waals surface area contributed by atoms with E-state index in [1.54, 1.807) is 6.92 Å². The SMILES string of the molecule is CC(CCNC(=O)N1CCC(N2CCCC2)C1)C(=O)O. The number of carboxylic acids is 1. The van der Waals surface area contributed by atoms with Crippen LogP contribution in [0.4, 0.5) is 4.79 Å². The summed E-state index contributed by atoms with van der Waals surface area (Å²) in [6.07, 6.45) is 4.08. The number of nitrogens with zero attached hydrogens (tertiary/aromatic N) is 2. The van der Waals surface area contributed by atoms with Gasteiger partial charge >= 0.3 is 12.0 Å². The quantitative estimate of drug-likeness (QED) is 0.789. The smallest absolute Gasteiger partial charge is 0.317 e. The molecule has 2 rings (SSSR count). The molecule has 2 fully saturated rings. The summed E-state index contributed by atoms with van der Waals surface area (Å²) < 4.78 is 0. The number of urea groups is 1. The zero-order valence-electron chi connectivity index (χ0n) is 12.2. The first kappa shape index (κ1) is 15.1. The molecule has 2 atom stereocenters. The maximum atomic E-state index is 12.0. The van der Waals surface area contributed by atoms with Gasteiger partial charge in [-0.3, -0.25) is 9.69 Å². The normalized spacial score (nSPS) is 24.9. The van der Waals surface area contributed by atoms with Gasteiger partial charge in [-0.15, -0.1) is 0 Å². The van der Waals surface area contributed by atoms with Crippen LogP contribution in [-0.4, -0.2) is 65.7 Å². The molecule has 6 nitrogen and oxygen atoms in total. The van der Waals surface area contributed by atoms with Crippen LogP contribution in [0.2, 0.25) is 0 Å². The Labute approximate surface area is 120 Å². The van der Waals surface area contributed by atoms with Gasteiger partial charge in [-0.2, -0.15) is 0 Å². The van der Waals surface area contributed by atoms with Crippen LogP contribution in [0.15, 0.2) is 0 Å². The number of amides is 2. The summed E-state index contributed by atoms with van der Waals surface area (Å²) in [7, 11) is 0. The molecule has 114 valence electrons. The lowest BCUT2D eigenvalue weighted by molar-refractivity contribution is -0.141. The zero-order chi connectivity index (χ0) is 14.5. The molecule has 2 aliphatic rings. The van der Waals surface area contributed by atoms with Crippen molar-refractivity contribution in [3.05, 3.63) is 0 Å². The molecule has 0 radical (unpaired) electrons. The minimum absolute atomic E-state index is 0.0516. The topological polar surface area (TPSA) is 72.9 Å². The van der Waals surface area contributed by atoms with Gasteiger partial charge in [0.05, 0.1) is 5.92 Å². The Kier molecular flexibility index (Phi) is 5.23. The van der Waals surface area contributed by atoms with Crippen molar-refractivity contribution in [1.29, 1.82) is 0 Å². The highest BCUT2D eigenvalue weighted by atomic mass is 16.4. The number of rotatable bonds is 5. The number of carbonyl (C=O) groups excluding carboxylic acids is 1. The van der Waals surface area contributed by atoms with Gasteiger partial charge in [-0.05, 0) is 38.8 Å². The predicted octanol–water partition coefficient (Wildman–Crippen LogP) is 0.977. The maximum absolute atomic E-state index is 12.0. The van der Waals surface area contributed by atoms with Gasteiger partial charge in [0.15, 0.2) is 0 Å². The molecule has 0 bridgehead atoms. The highest BCUT2D eigenvalue weighted by Crippen LogP contribution is 2.20. The van der Waals surface area contributed by atoms with Gasteiger partial charge in [0.1, 0.15) is 0 Å². The third-order valence-electron chi connectivity index (χ3n) is 4.38. The lowest BCUT2D eigenvalue weighted by Gasteiger charge is -2.23. The standard InChI is InChI=1S/C14H25N3O3/c1-11(13(18)19)4-6-15-14(20)17-9-5-12(10-17)16-7-2-3-8-16/h11-12H,2-10H2,1H3,(H,15,20)(H,18,19). The van der Waals surface area contributed by atoms with Gasteiger partial charge in [0.25, 0.3) is 0 Å². The third kappa shape index (κ3) is 3.85. The molecule has 0 aromatic carbocycles. The number of hydrogen-bond acceptors (Lipinski definition) is 3. The second-order valence-electron chi connectivity index (χ2n) is 5.89. The Morgan fingerprint density at radius 1 is 1.30 bits per heavy atom. The monoisotopic (exact) mass is 283 g/mol. The Hall–Kier alpha value is -1.30. The second-order valence-corrected chi connectivity index (χ2v) is 5.89. The number of carbonyl (C=O) groups is 2. The molecule has 2 N–H and O–H groups in total. The van der Waals surface area contributed by atoms with E-state index >= 15 is 0 Å². The molecule has 0 saturated carbocycles. The van der Waals surface area contributed by atoms with Crippen LogP contribution in [-0.2, 0) is 4.79 Å². The van der Waals surface area contributed by atoms with Gasteiger partial charge in [0, 0.05) is 25.7 Å². The van der Waals surface area contributed by atoms with Gasteiger partial charge < -0.3 is 15.3 Å². The van der Waals surface area contributed by atoms with Gasteiger partial charge in [-0.25, -0.2) is 4.79 Å². The second kappa shape index (κ2) is 6.92. The van der Waals surface area contributed by atoms with E-state index in [-0.39, 0.29) is 6.03 Å². The number of likely N-dealkylation sites (tertiary alicyclic amines) is 2. The first-order valence-corrected chi connectivity index (χ1v) is 7.57. The summed E-state index contributed by atoms with van der Waals surface area (Å²) in [5.41, 5.74) is 0.